The maximum Gasteiger partial charge on any atom is 0.259 e. The first kappa shape index (κ1) is 18.1. The highest BCUT2D eigenvalue weighted by Crippen LogP contribution is 2.27. The molecular weight excluding hydrogens is 374 g/mol. The second kappa shape index (κ2) is 7.76. The van der Waals surface area contributed by atoms with Gasteiger partial charge in [-0.05, 0) is 35.9 Å². The van der Waals surface area contributed by atoms with Crippen LogP contribution in [-0.2, 0) is 13.0 Å². The number of thiophene rings is 1. The highest BCUT2D eigenvalue weighted by atomic mass is 32.1. The van der Waals surface area contributed by atoms with E-state index in [4.69, 9.17) is 0 Å². The standard InChI is InChI=1S/C21H21N3OS2/c1-3-15-6-8-16(9-7-15)20(18-5-4-10-26-18)22-12-17-11-19(25)24-14(2)13-27-21(24)23-17/h4-11,13,20,22H,3,12H2,1-2H3/t20-/m0/s1. The Morgan fingerprint density at radius 3 is 2.70 bits per heavy atom. The zero-order valence-corrected chi connectivity index (χ0v) is 16.9. The average Bonchev–Trinajstić information content (AvgIpc) is 3.33. The Balaban J connectivity index is 1.61. The molecule has 3 heterocycles. The molecule has 0 bridgehead atoms. The van der Waals surface area contributed by atoms with Gasteiger partial charge in [-0.2, -0.15) is 0 Å². The largest absolute Gasteiger partial charge is 0.300 e. The third-order valence-electron chi connectivity index (χ3n) is 4.66. The maximum atomic E-state index is 12.4. The molecule has 138 valence electrons. The van der Waals surface area contributed by atoms with Crippen molar-refractivity contribution in [2.75, 3.05) is 0 Å². The summed E-state index contributed by atoms with van der Waals surface area (Å²) in [6.45, 7) is 4.63. The van der Waals surface area contributed by atoms with Crippen LogP contribution in [0.3, 0.4) is 0 Å². The summed E-state index contributed by atoms with van der Waals surface area (Å²) in [4.78, 5) is 19.1. The van der Waals surface area contributed by atoms with Crippen molar-refractivity contribution in [1.29, 1.82) is 0 Å². The number of hydrogen-bond acceptors (Lipinski definition) is 5. The van der Waals surface area contributed by atoms with Gasteiger partial charge in [-0.25, -0.2) is 4.98 Å². The second-order valence-electron chi connectivity index (χ2n) is 6.51. The number of nitrogens with zero attached hydrogens (tertiary/aromatic N) is 2. The third-order valence-corrected chi connectivity index (χ3v) is 6.55. The van der Waals surface area contributed by atoms with Gasteiger partial charge in [0.25, 0.3) is 5.56 Å². The van der Waals surface area contributed by atoms with Crippen molar-refractivity contribution in [3.63, 3.8) is 0 Å². The fraction of sp³-hybridized carbons (Fsp3) is 0.238. The Bertz CT molecular complexity index is 1090. The third kappa shape index (κ3) is 3.74. The van der Waals surface area contributed by atoms with Crippen LogP contribution in [0.1, 0.15) is 40.4 Å². The van der Waals surface area contributed by atoms with Gasteiger partial charge in [0, 0.05) is 28.6 Å². The lowest BCUT2D eigenvalue weighted by Gasteiger charge is -2.18. The molecular formula is C21H21N3OS2. The summed E-state index contributed by atoms with van der Waals surface area (Å²) in [6, 6.07) is 14.7. The topological polar surface area (TPSA) is 46.4 Å². The zero-order chi connectivity index (χ0) is 18.8. The Labute approximate surface area is 166 Å². The minimum absolute atomic E-state index is 0.0180. The van der Waals surface area contributed by atoms with Crippen molar-refractivity contribution in [3.05, 3.63) is 91.0 Å². The van der Waals surface area contributed by atoms with E-state index in [-0.39, 0.29) is 11.6 Å². The average molecular weight is 396 g/mol. The van der Waals surface area contributed by atoms with E-state index in [1.54, 1.807) is 21.8 Å². The molecule has 0 amide bonds. The monoisotopic (exact) mass is 395 g/mol. The van der Waals surface area contributed by atoms with Crippen molar-refractivity contribution in [3.8, 4) is 0 Å². The van der Waals surface area contributed by atoms with Gasteiger partial charge < -0.3 is 0 Å². The molecule has 0 aliphatic rings. The Hall–Kier alpha value is -2.28. The molecule has 0 fully saturated rings. The number of benzene rings is 1. The molecule has 1 N–H and O–H groups in total. The first-order chi connectivity index (χ1) is 13.2. The summed E-state index contributed by atoms with van der Waals surface area (Å²) in [5.41, 5.74) is 4.24. The van der Waals surface area contributed by atoms with Crippen LogP contribution >= 0.6 is 22.7 Å². The number of aromatic nitrogens is 2. The fourth-order valence-corrected chi connectivity index (χ4v) is 4.90. The lowest BCUT2D eigenvalue weighted by Crippen LogP contribution is -2.24. The zero-order valence-electron chi connectivity index (χ0n) is 15.3. The summed E-state index contributed by atoms with van der Waals surface area (Å²) in [7, 11) is 0. The van der Waals surface area contributed by atoms with Gasteiger partial charge in [-0.15, -0.1) is 22.7 Å². The smallest absolute Gasteiger partial charge is 0.259 e. The Morgan fingerprint density at radius 2 is 2.00 bits per heavy atom. The molecule has 0 saturated heterocycles. The molecule has 3 aromatic heterocycles. The van der Waals surface area contributed by atoms with Crippen molar-refractivity contribution < 1.29 is 0 Å². The normalized spacial score (nSPS) is 12.5. The second-order valence-corrected chi connectivity index (χ2v) is 8.32. The molecule has 4 rings (SSSR count). The first-order valence-electron chi connectivity index (χ1n) is 8.98. The predicted octanol–water partition coefficient (Wildman–Crippen LogP) is 4.57. The van der Waals surface area contributed by atoms with Crippen molar-refractivity contribution in [2.24, 2.45) is 0 Å². The minimum atomic E-state index is -0.0180. The molecule has 0 aliphatic carbocycles. The van der Waals surface area contributed by atoms with Crippen LogP contribution in [0.5, 0.6) is 0 Å². The summed E-state index contributed by atoms with van der Waals surface area (Å²) < 4.78 is 1.66. The van der Waals surface area contributed by atoms with E-state index in [1.807, 2.05) is 12.3 Å². The summed E-state index contributed by atoms with van der Waals surface area (Å²) >= 11 is 3.23. The number of thiazole rings is 1. The molecule has 27 heavy (non-hydrogen) atoms. The number of rotatable bonds is 6. The number of nitrogens with one attached hydrogen (secondary N) is 1. The quantitative estimate of drug-likeness (QED) is 0.520. The van der Waals surface area contributed by atoms with Gasteiger partial charge in [0.1, 0.15) is 0 Å². The Morgan fingerprint density at radius 1 is 1.19 bits per heavy atom. The van der Waals surface area contributed by atoms with E-state index in [2.05, 4.69) is 59.0 Å². The summed E-state index contributed by atoms with van der Waals surface area (Å²) in [5, 5.41) is 7.65. The van der Waals surface area contributed by atoms with Crippen LogP contribution in [-0.4, -0.2) is 9.38 Å². The number of hydrogen-bond donors (Lipinski definition) is 1. The van der Waals surface area contributed by atoms with Crippen LogP contribution in [0.15, 0.2) is 58.0 Å². The number of fused-ring (bicyclic) bond motifs is 1. The van der Waals surface area contributed by atoms with Crippen LogP contribution in [0.2, 0.25) is 0 Å². The van der Waals surface area contributed by atoms with Gasteiger partial charge in [0.15, 0.2) is 4.96 Å². The van der Waals surface area contributed by atoms with Crippen LogP contribution in [0, 0.1) is 6.92 Å². The number of aryl methyl sites for hydroxylation is 2. The summed E-state index contributed by atoms with van der Waals surface area (Å²) in [5.74, 6) is 0. The lowest BCUT2D eigenvalue weighted by atomic mass is 10.0. The molecule has 0 aliphatic heterocycles. The van der Waals surface area contributed by atoms with Gasteiger partial charge >= 0.3 is 0 Å². The van der Waals surface area contributed by atoms with Gasteiger partial charge in [-0.1, -0.05) is 37.3 Å². The molecule has 1 atom stereocenters. The highest BCUT2D eigenvalue weighted by Gasteiger charge is 2.16. The predicted molar refractivity (Wildman–Crippen MR) is 113 cm³/mol. The molecule has 0 radical (unpaired) electrons. The molecule has 4 nitrogen and oxygen atoms in total. The molecule has 1 aromatic carbocycles. The van der Waals surface area contributed by atoms with E-state index >= 15 is 0 Å². The van der Waals surface area contributed by atoms with Crippen LogP contribution in [0.4, 0.5) is 0 Å². The van der Waals surface area contributed by atoms with Crippen LogP contribution < -0.4 is 10.9 Å². The SMILES string of the molecule is CCc1ccc([C@H](NCc2cc(=O)n3c(C)csc3n2)c2cccs2)cc1. The van der Waals surface area contributed by atoms with Gasteiger partial charge in [-0.3, -0.25) is 14.5 Å². The molecule has 6 heteroatoms. The molecule has 0 saturated carbocycles. The van der Waals surface area contributed by atoms with Gasteiger partial charge in [0.05, 0.1) is 11.7 Å². The lowest BCUT2D eigenvalue weighted by molar-refractivity contribution is 0.604. The van der Waals surface area contributed by atoms with Crippen molar-refractivity contribution >= 4 is 27.6 Å². The van der Waals surface area contributed by atoms with E-state index in [9.17, 15) is 4.79 Å². The fourth-order valence-electron chi connectivity index (χ4n) is 3.18. The first-order valence-corrected chi connectivity index (χ1v) is 10.7. The Kier molecular flexibility index (Phi) is 5.20. The molecule has 0 spiro atoms. The molecule has 0 unspecified atom stereocenters. The van der Waals surface area contributed by atoms with E-state index < -0.39 is 0 Å². The minimum Gasteiger partial charge on any atom is -0.300 e. The molecule has 4 aromatic rings. The van der Waals surface area contributed by atoms with Gasteiger partial charge in [0.2, 0.25) is 0 Å². The van der Waals surface area contributed by atoms with Crippen molar-refractivity contribution in [1.82, 2.24) is 14.7 Å². The van der Waals surface area contributed by atoms with Crippen LogP contribution in [0.25, 0.3) is 4.96 Å². The van der Waals surface area contributed by atoms with E-state index in [1.165, 1.54) is 27.3 Å². The summed E-state index contributed by atoms with van der Waals surface area (Å²) in [6.07, 6.45) is 1.03. The highest BCUT2D eigenvalue weighted by molar-refractivity contribution is 7.15. The van der Waals surface area contributed by atoms with E-state index in [0.29, 0.717) is 6.54 Å². The van der Waals surface area contributed by atoms with E-state index in [0.717, 1.165) is 22.8 Å². The maximum absolute atomic E-state index is 12.4. The van der Waals surface area contributed by atoms with Crippen molar-refractivity contribution in [2.45, 2.75) is 32.9 Å².